The van der Waals surface area contributed by atoms with Gasteiger partial charge in [-0.1, -0.05) is 42.0 Å². The molecular weight excluding hydrogens is 328 g/mol. The van der Waals surface area contributed by atoms with E-state index in [0.29, 0.717) is 13.2 Å². The Morgan fingerprint density at radius 3 is 2.62 bits per heavy atom. The van der Waals surface area contributed by atoms with E-state index in [-0.39, 0.29) is 12.5 Å². The van der Waals surface area contributed by atoms with Crippen molar-refractivity contribution in [3.63, 3.8) is 0 Å². The van der Waals surface area contributed by atoms with Gasteiger partial charge < -0.3 is 14.4 Å². The molecule has 2 aromatic carbocycles. The third kappa shape index (κ3) is 3.84. The van der Waals surface area contributed by atoms with Crippen LogP contribution in [0.1, 0.15) is 16.7 Å². The Labute approximate surface area is 154 Å². The summed E-state index contributed by atoms with van der Waals surface area (Å²) in [5.74, 6) is -0.0709. The lowest BCUT2D eigenvalue weighted by molar-refractivity contribution is -0.120. The quantitative estimate of drug-likeness (QED) is 0.751. The molecule has 26 heavy (non-hydrogen) atoms. The van der Waals surface area contributed by atoms with E-state index in [1.54, 1.807) is 19.1 Å². The van der Waals surface area contributed by atoms with Crippen molar-refractivity contribution in [1.82, 2.24) is 0 Å². The molecule has 0 saturated heterocycles. The van der Waals surface area contributed by atoms with Crippen LogP contribution in [0.3, 0.4) is 0 Å². The number of amides is 1. The third-order valence-corrected chi connectivity index (χ3v) is 4.42. The van der Waals surface area contributed by atoms with Crippen LogP contribution in [0.4, 0.5) is 5.69 Å². The van der Waals surface area contributed by atoms with Crippen LogP contribution in [0.5, 0.6) is 0 Å². The fraction of sp³-hybridized carbons (Fsp3) is 0.333. The van der Waals surface area contributed by atoms with Crippen LogP contribution in [0.2, 0.25) is 0 Å². The minimum Gasteiger partial charge on any atom is -0.382 e. The predicted molar refractivity (Wildman–Crippen MR) is 103 cm³/mol. The molecule has 5 heteroatoms. The number of fused-ring (bicyclic) bond motifs is 1. The summed E-state index contributed by atoms with van der Waals surface area (Å²) in [4.78, 5) is 19.4. The monoisotopic (exact) mass is 352 g/mol. The summed E-state index contributed by atoms with van der Waals surface area (Å²) in [6.07, 6.45) is 0. The maximum absolute atomic E-state index is 12.9. The van der Waals surface area contributed by atoms with Crippen molar-refractivity contribution in [1.29, 1.82) is 0 Å². The molecule has 0 aromatic heterocycles. The molecule has 0 bridgehead atoms. The van der Waals surface area contributed by atoms with Gasteiger partial charge in [0.1, 0.15) is 0 Å². The molecular formula is C21H24N2O3. The molecule has 136 valence electrons. The highest BCUT2D eigenvalue weighted by molar-refractivity contribution is 6.20. The van der Waals surface area contributed by atoms with E-state index in [2.05, 4.69) is 6.07 Å². The first-order chi connectivity index (χ1) is 12.6. The number of likely N-dealkylation sites (N-methyl/N-ethyl adjacent to an activating group) is 1. The number of aliphatic imine (C=N–C) groups is 1. The van der Waals surface area contributed by atoms with Crippen molar-refractivity contribution in [3.8, 4) is 0 Å². The lowest BCUT2D eigenvalue weighted by atomic mass is 9.98. The molecule has 2 aromatic rings. The summed E-state index contributed by atoms with van der Waals surface area (Å²) in [6, 6.07) is 15.5. The zero-order valence-corrected chi connectivity index (χ0v) is 15.4. The Morgan fingerprint density at radius 1 is 1.12 bits per heavy atom. The number of ether oxygens (including phenoxy) is 2. The number of carbonyl (C=O) groups is 1. The molecule has 0 saturated carbocycles. The van der Waals surface area contributed by atoms with Gasteiger partial charge in [0.05, 0.1) is 31.2 Å². The smallest absolute Gasteiger partial charge is 0.253 e. The van der Waals surface area contributed by atoms with E-state index >= 15 is 0 Å². The summed E-state index contributed by atoms with van der Waals surface area (Å²) >= 11 is 0. The first-order valence-corrected chi connectivity index (χ1v) is 8.70. The number of hydrogen-bond donors (Lipinski definition) is 0. The fourth-order valence-electron chi connectivity index (χ4n) is 3.03. The number of nitrogens with zero attached hydrogens (tertiary/aromatic N) is 2. The maximum atomic E-state index is 12.9. The fourth-order valence-corrected chi connectivity index (χ4v) is 3.03. The summed E-state index contributed by atoms with van der Waals surface area (Å²) < 4.78 is 10.6. The number of benzodiazepines with no additional fused rings is 1. The number of methoxy groups -OCH3 is 1. The van der Waals surface area contributed by atoms with Crippen LogP contribution in [0.15, 0.2) is 53.5 Å². The van der Waals surface area contributed by atoms with Gasteiger partial charge in [-0.05, 0) is 19.1 Å². The Bertz CT molecular complexity index is 802. The molecule has 1 unspecified atom stereocenters. The van der Waals surface area contributed by atoms with Crippen LogP contribution in [-0.2, 0) is 14.3 Å². The first-order valence-electron chi connectivity index (χ1n) is 8.70. The van der Waals surface area contributed by atoms with Gasteiger partial charge in [-0.15, -0.1) is 0 Å². The zero-order valence-electron chi connectivity index (χ0n) is 15.4. The van der Waals surface area contributed by atoms with E-state index < -0.39 is 6.04 Å². The highest BCUT2D eigenvalue weighted by atomic mass is 16.5. The van der Waals surface area contributed by atoms with Gasteiger partial charge in [0.25, 0.3) is 5.91 Å². The number of benzene rings is 2. The molecule has 0 N–H and O–H groups in total. The minimum atomic E-state index is -0.584. The standard InChI is InChI=1S/C21H24N2O3/c1-15-9-10-19-17(13-15)20(16-7-5-4-6-8-16)22-18(21(24)23(19)2)14-26-12-11-25-3/h4-10,13,18H,11-12,14H2,1-3H3. The highest BCUT2D eigenvalue weighted by Gasteiger charge is 2.30. The Balaban J connectivity index is 2.04. The van der Waals surface area contributed by atoms with Crippen molar-refractivity contribution >= 4 is 17.3 Å². The van der Waals surface area contributed by atoms with E-state index in [1.807, 2.05) is 49.4 Å². The van der Waals surface area contributed by atoms with Gasteiger partial charge in [0.2, 0.25) is 0 Å². The van der Waals surface area contributed by atoms with Gasteiger partial charge in [0.15, 0.2) is 6.04 Å². The lowest BCUT2D eigenvalue weighted by Gasteiger charge is -2.20. The Kier molecular flexibility index (Phi) is 5.81. The molecule has 0 radical (unpaired) electrons. The lowest BCUT2D eigenvalue weighted by Crippen LogP contribution is -2.37. The minimum absolute atomic E-state index is 0.0709. The Morgan fingerprint density at radius 2 is 1.88 bits per heavy atom. The van der Waals surface area contributed by atoms with Crippen LogP contribution in [0, 0.1) is 6.92 Å². The molecule has 1 atom stereocenters. The summed E-state index contributed by atoms with van der Waals surface area (Å²) in [5, 5.41) is 0. The summed E-state index contributed by atoms with van der Waals surface area (Å²) in [6.45, 7) is 3.20. The average molecular weight is 352 g/mol. The van der Waals surface area contributed by atoms with Crippen molar-refractivity contribution in [2.24, 2.45) is 4.99 Å². The molecule has 1 amide bonds. The number of anilines is 1. The van der Waals surface area contributed by atoms with Crippen LogP contribution < -0.4 is 4.90 Å². The van der Waals surface area contributed by atoms with Crippen LogP contribution >= 0.6 is 0 Å². The van der Waals surface area contributed by atoms with Gasteiger partial charge >= 0.3 is 0 Å². The highest BCUT2D eigenvalue weighted by Crippen LogP contribution is 2.28. The SMILES string of the molecule is COCCOCC1N=C(c2ccccc2)c2cc(C)ccc2N(C)C1=O. The van der Waals surface area contributed by atoms with Gasteiger partial charge in [-0.2, -0.15) is 0 Å². The zero-order chi connectivity index (χ0) is 18.5. The molecule has 1 heterocycles. The van der Waals surface area contributed by atoms with Gasteiger partial charge in [0, 0.05) is 25.3 Å². The van der Waals surface area contributed by atoms with Crippen molar-refractivity contribution in [2.45, 2.75) is 13.0 Å². The van der Waals surface area contributed by atoms with Crippen LogP contribution in [-0.4, -0.2) is 51.6 Å². The number of hydrogen-bond acceptors (Lipinski definition) is 4. The molecule has 0 fully saturated rings. The Hall–Kier alpha value is -2.50. The van der Waals surface area contributed by atoms with E-state index in [9.17, 15) is 4.79 Å². The van der Waals surface area contributed by atoms with Gasteiger partial charge in [-0.25, -0.2) is 0 Å². The molecule has 1 aliphatic heterocycles. The van der Waals surface area contributed by atoms with Gasteiger partial charge in [-0.3, -0.25) is 9.79 Å². The second-order valence-corrected chi connectivity index (χ2v) is 6.35. The van der Waals surface area contributed by atoms with Crippen molar-refractivity contribution in [3.05, 3.63) is 65.2 Å². The van der Waals surface area contributed by atoms with E-state index in [0.717, 1.165) is 28.1 Å². The second-order valence-electron chi connectivity index (χ2n) is 6.35. The third-order valence-electron chi connectivity index (χ3n) is 4.42. The van der Waals surface area contributed by atoms with Crippen molar-refractivity contribution in [2.75, 3.05) is 38.9 Å². The first kappa shape index (κ1) is 18.3. The molecule has 3 rings (SSSR count). The summed E-state index contributed by atoms with van der Waals surface area (Å²) in [5.41, 5.74) is 4.77. The number of rotatable bonds is 6. The second kappa shape index (κ2) is 8.25. The number of aryl methyl sites for hydroxylation is 1. The topological polar surface area (TPSA) is 51.1 Å². The average Bonchev–Trinajstić information content (AvgIpc) is 2.76. The van der Waals surface area contributed by atoms with Crippen molar-refractivity contribution < 1.29 is 14.3 Å². The normalized spacial score (nSPS) is 16.9. The largest absolute Gasteiger partial charge is 0.382 e. The number of carbonyl (C=O) groups excluding carboxylic acids is 1. The molecule has 1 aliphatic rings. The molecule has 5 nitrogen and oxygen atoms in total. The summed E-state index contributed by atoms with van der Waals surface area (Å²) in [7, 11) is 3.42. The van der Waals surface area contributed by atoms with E-state index in [4.69, 9.17) is 14.5 Å². The van der Waals surface area contributed by atoms with Crippen LogP contribution in [0.25, 0.3) is 0 Å². The maximum Gasteiger partial charge on any atom is 0.253 e. The molecule has 0 spiro atoms. The molecule has 0 aliphatic carbocycles. The predicted octanol–water partition coefficient (Wildman–Crippen LogP) is 2.84. The van der Waals surface area contributed by atoms with E-state index in [1.165, 1.54) is 0 Å².